The lowest BCUT2D eigenvalue weighted by Gasteiger charge is -2.06. The van der Waals surface area contributed by atoms with Crippen LogP contribution >= 0.6 is 11.6 Å². The third kappa shape index (κ3) is 3.47. The number of aromatic nitrogens is 2. The Labute approximate surface area is 143 Å². The van der Waals surface area contributed by atoms with Gasteiger partial charge in [-0.2, -0.15) is 9.35 Å². The first-order valence-corrected chi connectivity index (χ1v) is 9.23. The molecule has 0 bridgehead atoms. The summed E-state index contributed by atoms with van der Waals surface area (Å²) in [6, 6.07) is 10.7. The molecule has 1 atom stereocenters. The Hall–Kier alpha value is -2.25. The first-order valence-electron chi connectivity index (χ1n) is 6.93. The molecular formula is C16H13ClFN3O2S. The Kier molecular flexibility index (Phi) is 4.38. The Morgan fingerprint density at radius 1 is 1.21 bits per heavy atom. The molecule has 0 saturated carbocycles. The number of hydrogen-bond acceptors (Lipinski definition) is 5. The molecule has 5 nitrogen and oxygen atoms in total. The molecule has 2 aromatic carbocycles. The van der Waals surface area contributed by atoms with Crippen molar-refractivity contribution in [3.05, 3.63) is 59.2 Å². The van der Waals surface area contributed by atoms with E-state index in [1.54, 1.807) is 37.3 Å². The maximum absolute atomic E-state index is 14.3. The summed E-state index contributed by atoms with van der Waals surface area (Å²) in [4.78, 5) is 4.51. The fourth-order valence-electron chi connectivity index (χ4n) is 2.06. The standard InChI is InChI=1S/C16H13ClFN3O2S/c1-10-19-16(20-23-10)11-3-8-15(14(18)9-11)21-24(2,22)13-6-4-12(17)5-7-13/h3-9H,1-2H3. The van der Waals surface area contributed by atoms with Gasteiger partial charge in [-0.3, -0.25) is 0 Å². The summed E-state index contributed by atoms with van der Waals surface area (Å²) in [6.45, 7) is 1.65. The van der Waals surface area contributed by atoms with Crippen LogP contribution in [-0.4, -0.2) is 20.6 Å². The number of nitrogens with zero attached hydrogens (tertiary/aromatic N) is 3. The molecule has 8 heteroatoms. The molecule has 0 aliphatic rings. The fraction of sp³-hybridized carbons (Fsp3) is 0.125. The van der Waals surface area contributed by atoms with Gasteiger partial charge in [-0.25, -0.2) is 8.60 Å². The molecule has 1 unspecified atom stereocenters. The molecular weight excluding hydrogens is 353 g/mol. The van der Waals surface area contributed by atoms with Crippen molar-refractivity contribution in [2.75, 3.05) is 6.26 Å². The quantitative estimate of drug-likeness (QED) is 0.678. The fourth-order valence-corrected chi connectivity index (χ4v) is 3.46. The smallest absolute Gasteiger partial charge is 0.223 e. The van der Waals surface area contributed by atoms with E-state index in [0.717, 1.165) is 0 Å². The lowest BCUT2D eigenvalue weighted by molar-refractivity contribution is 0.394. The first-order chi connectivity index (χ1) is 11.3. The van der Waals surface area contributed by atoms with Crippen molar-refractivity contribution in [3.8, 4) is 11.4 Å². The summed E-state index contributed by atoms with van der Waals surface area (Å²) < 4.78 is 36.0. The molecule has 0 radical (unpaired) electrons. The van der Waals surface area contributed by atoms with Crippen LogP contribution in [0.4, 0.5) is 10.1 Å². The van der Waals surface area contributed by atoms with Gasteiger partial charge in [0.1, 0.15) is 11.5 Å². The molecule has 0 spiro atoms. The highest BCUT2D eigenvalue weighted by molar-refractivity contribution is 7.93. The molecule has 0 saturated heterocycles. The van der Waals surface area contributed by atoms with E-state index >= 15 is 0 Å². The van der Waals surface area contributed by atoms with Crippen LogP contribution in [0.5, 0.6) is 0 Å². The summed E-state index contributed by atoms with van der Waals surface area (Å²) in [5.41, 5.74) is 0.457. The highest BCUT2D eigenvalue weighted by atomic mass is 35.5. The van der Waals surface area contributed by atoms with E-state index in [2.05, 4.69) is 14.5 Å². The molecule has 24 heavy (non-hydrogen) atoms. The molecule has 0 aliphatic carbocycles. The average molecular weight is 366 g/mol. The Morgan fingerprint density at radius 3 is 2.50 bits per heavy atom. The van der Waals surface area contributed by atoms with Gasteiger partial charge in [0.15, 0.2) is 0 Å². The van der Waals surface area contributed by atoms with Crippen LogP contribution in [0.25, 0.3) is 11.4 Å². The largest absolute Gasteiger partial charge is 0.339 e. The second-order valence-electron chi connectivity index (χ2n) is 5.15. The van der Waals surface area contributed by atoms with Crippen molar-refractivity contribution < 1.29 is 13.1 Å². The van der Waals surface area contributed by atoms with Gasteiger partial charge in [-0.1, -0.05) is 16.8 Å². The van der Waals surface area contributed by atoms with E-state index in [-0.39, 0.29) is 11.5 Å². The minimum absolute atomic E-state index is 0.00131. The molecule has 0 amide bonds. The van der Waals surface area contributed by atoms with Crippen molar-refractivity contribution in [3.63, 3.8) is 0 Å². The molecule has 0 fully saturated rings. The zero-order valence-electron chi connectivity index (χ0n) is 12.9. The number of rotatable bonds is 3. The maximum atomic E-state index is 14.3. The predicted octanol–water partition coefficient (Wildman–Crippen LogP) is 4.63. The van der Waals surface area contributed by atoms with Gasteiger partial charge in [-0.15, -0.1) is 0 Å². The van der Waals surface area contributed by atoms with Crippen molar-refractivity contribution >= 4 is 27.0 Å². The van der Waals surface area contributed by atoms with Crippen LogP contribution in [0.1, 0.15) is 5.89 Å². The average Bonchev–Trinajstić information content (AvgIpc) is 2.96. The van der Waals surface area contributed by atoms with Crippen LogP contribution in [0.3, 0.4) is 0 Å². The van der Waals surface area contributed by atoms with Crippen LogP contribution in [0.2, 0.25) is 5.02 Å². The predicted molar refractivity (Wildman–Crippen MR) is 90.3 cm³/mol. The minimum atomic E-state index is -2.80. The van der Waals surface area contributed by atoms with E-state index in [1.165, 1.54) is 18.4 Å². The van der Waals surface area contributed by atoms with Gasteiger partial charge in [-0.05, 0) is 42.5 Å². The van der Waals surface area contributed by atoms with Crippen molar-refractivity contribution in [1.29, 1.82) is 0 Å². The van der Waals surface area contributed by atoms with Gasteiger partial charge in [0.25, 0.3) is 0 Å². The highest BCUT2D eigenvalue weighted by Gasteiger charge is 2.12. The SMILES string of the molecule is Cc1nc(-c2ccc(N=S(C)(=O)c3ccc(Cl)cc3)c(F)c2)no1. The number of halogens is 2. The van der Waals surface area contributed by atoms with E-state index < -0.39 is 15.5 Å². The summed E-state index contributed by atoms with van der Waals surface area (Å²) in [5, 5.41) is 4.26. The second-order valence-corrected chi connectivity index (χ2v) is 7.85. The normalized spacial score (nSPS) is 13.5. The second kappa shape index (κ2) is 6.33. The molecule has 1 aromatic heterocycles. The molecule has 124 valence electrons. The first kappa shape index (κ1) is 16.6. The van der Waals surface area contributed by atoms with Gasteiger partial charge < -0.3 is 4.52 Å². The molecule has 3 aromatic rings. The number of aryl methyl sites for hydroxylation is 1. The van der Waals surface area contributed by atoms with Gasteiger partial charge in [0.05, 0.1) is 9.73 Å². The van der Waals surface area contributed by atoms with Crippen LogP contribution in [-0.2, 0) is 9.73 Å². The zero-order valence-corrected chi connectivity index (χ0v) is 14.4. The van der Waals surface area contributed by atoms with Crippen LogP contribution in [0.15, 0.2) is 56.2 Å². The zero-order chi connectivity index (χ0) is 17.3. The van der Waals surface area contributed by atoms with Gasteiger partial charge in [0, 0.05) is 28.7 Å². The highest BCUT2D eigenvalue weighted by Crippen LogP contribution is 2.27. The van der Waals surface area contributed by atoms with Crippen molar-refractivity contribution in [1.82, 2.24) is 10.1 Å². The Balaban J connectivity index is 2.00. The maximum Gasteiger partial charge on any atom is 0.223 e. The van der Waals surface area contributed by atoms with Crippen LogP contribution in [0, 0.1) is 12.7 Å². The van der Waals surface area contributed by atoms with E-state index in [9.17, 15) is 8.60 Å². The van der Waals surface area contributed by atoms with Gasteiger partial charge in [0.2, 0.25) is 11.7 Å². The number of benzene rings is 2. The van der Waals surface area contributed by atoms with E-state index in [4.69, 9.17) is 16.1 Å². The Morgan fingerprint density at radius 2 is 1.92 bits per heavy atom. The topological polar surface area (TPSA) is 68.3 Å². The number of hydrogen-bond donors (Lipinski definition) is 0. The molecule has 0 aliphatic heterocycles. The summed E-state index contributed by atoms with van der Waals surface area (Å²) in [6.07, 6.45) is 1.45. The lowest BCUT2D eigenvalue weighted by Crippen LogP contribution is -1.97. The summed E-state index contributed by atoms with van der Waals surface area (Å²) >= 11 is 5.82. The molecule has 1 heterocycles. The van der Waals surface area contributed by atoms with E-state index in [0.29, 0.717) is 21.4 Å². The molecule has 3 rings (SSSR count). The third-order valence-corrected chi connectivity index (χ3v) is 5.20. The van der Waals surface area contributed by atoms with Crippen molar-refractivity contribution in [2.24, 2.45) is 4.36 Å². The Bertz CT molecular complexity index is 1010. The monoisotopic (exact) mass is 365 g/mol. The summed E-state index contributed by atoms with van der Waals surface area (Å²) in [7, 11) is -2.80. The minimum Gasteiger partial charge on any atom is -0.339 e. The van der Waals surface area contributed by atoms with Gasteiger partial charge >= 0.3 is 0 Å². The third-order valence-electron chi connectivity index (χ3n) is 3.26. The lowest BCUT2D eigenvalue weighted by atomic mass is 10.2. The van der Waals surface area contributed by atoms with Crippen LogP contribution < -0.4 is 0 Å². The van der Waals surface area contributed by atoms with Crippen molar-refractivity contribution in [2.45, 2.75) is 11.8 Å². The van der Waals surface area contributed by atoms with E-state index in [1.807, 2.05) is 0 Å². The summed E-state index contributed by atoms with van der Waals surface area (Å²) in [5.74, 6) is 0.0601. The molecule has 0 N–H and O–H groups in total.